The molecule has 6 amide bonds. The molecule has 0 unspecified atom stereocenters. The molecule has 3 aliphatic rings. The Hall–Kier alpha value is -3.94. The molecule has 3 aliphatic heterocycles. The van der Waals surface area contributed by atoms with Gasteiger partial charge in [-0.05, 0) is 64.3 Å². The maximum Gasteiger partial charge on any atom is 0.222 e. The standard InChI is InChI=1S/C57H105N7O24/c1-2-64-57(36-80-27-15-48(74)61-21-9-18-58-45(71)12-3-6-24-83-51-30-39(68)54(77)42(33-65)86-51,37-81-28-16-49(75)62-22-10-19-59-46(72)13-4-7-25-84-52-31-40(69)55(78)43(34-66)87-52)38-82-29-17-50(76)63-23-11-20-60-47(73)14-5-8-26-85-53-32-41(70)56(79)44(35-67)88-53/h39-44,51-56,64-70,77-79H,2-38H2,1H3,(H,58,71)(H,59,72)(H,60,73)(H,61,74)(H,62,75)(H,63,76)/t39-,40-,41-,42-,43-,44-,51-,52-,53-,54-,55-,56-/m1/s1. The number of carbonyl (C=O) groups excluding carboxylic acids is 6. The zero-order chi connectivity index (χ0) is 64.4. The molecule has 3 heterocycles. The topological polar surface area (TPSA) is 452 Å². The molecule has 0 aliphatic carbocycles. The molecule has 0 aromatic rings. The van der Waals surface area contributed by atoms with Gasteiger partial charge in [-0.2, -0.15) is 0 Å². The van der Waals surface area contributed by atoms with Gasteiger partial charge in [0.25, 0.3) is 0 Å². The molecule has 31 heteroatoms. The third kappa shape index (κ3) is 33.9. The predicted octanol–water partition coefficient (Wildman–Crippen LogP) is -4.53. The van der Waals surface area contributed by atoms with Crippen molar-refractivity contribution in [3.05, 3.63) is 0 Å². The van der Waals surface area contributed by atoms with Crippen LogP contribution in [-0.2, 0) is 71.4 Å². The van der Waals surface area contributed by atoms with Crippen molar-refractivity contribution in [3.8, 4) is 0 Å². The molecular formula is C57H105N7O24. The number of rotatable bonds is 50. The lowest BCUT2D eigenvalue weighted by atomic mass is 10.0. The fourth-order valence-corrected chi connectivity index (χ4v) is 9.44. The van der Waals surface area contributed by atoms with Crippen LogP contribution in [0.1, 0.15) is 122 Å². The lowest BCUT2D eigenvalue weighted by molar-refractivity contribution is -0.257. The number of amides is 6. The summed E-state index contributed by atoms with van der Waals surface area (Å²) in [4.78, 5) is 75.1. The van der Waals surface area contributed by atoms with Crippen molar-refractivity contribution < 1.29 is 117 Å². The van der Waals surface area contributed by atoms with Gasteiger partial charge in [-0.15, -0.1) is 0 Å². The minimum atomic E-state index is -1.19. The van der Waals surface area contributed by atoms with E-state index in [0.717, 1.165) is 0 Å². The highest BCUT2D eigenvalue weighted by Gasteiger charge is 2.39. The van der Waals surface area contributed by atoms with Crippen molar-refractivity contribution >= 4 is 35.4 Å². The molecule has 31 nitrogen and oxygen atoms in total. The van der Waals surface area contributed by atoms with Crippen molar-refractivity contribution in [2.45, 2.75) is 202 Å². The van der Waals surface area contributed by atoms with Crippen LogP contribution in [0.4, 0.5) is 0 Å². The first-order chi connectivity index (χ1) is 42.4. The van der Waals surface area contributed by atoms with Crippen molar-refractivity contribution in [3.63, 3.8) is 0 Å². The minimum absolute atomic E-state index is 0.0401. The van der Waals surface area contributed by atoms with Crippen molar-refractivity contribution in [2.24, 2.45) is 0 Å². The zero-order valence-corrected chi connectivity index (χ0v) is 51.2. The molecule has 12 atom stereocenters. The van der Waals surface area contributed by atoms with Gasteiger partial charge in [-0.25, -0.2) is 0 Å². The normalized spacial score (nSPS) is 24.8. The molecule has 0 aromatic carbocycles. The van der Waals surface area contributed by atoms with Gasteiger partial charge in [-0.1, -0.05) is 6.92 Å². The van der Waals surface area contributed by atoms with E-state index in [9.17, 15) is 74.7 Å². The van der Waals surface area contributed by atoms with Crippen LogP contribution in [0.5, 0.6) is 0 Å². The molecule has 3 rings (SSSR count). The summed E-state index contributed by atoms with van der Waals surface area (Å²) < 4.78 is 51.1. The largest absolute Gasteiger partial charge is 0.394 e. The number of nitrogens with one attached hydrogen (secondary N) is 7. The number of aliphatic hydroxyl groups excluding tert-OH is 9. The van der Waals surface area contributed by atoms with Crippen LogP contribution in [-0.4, -0.2) is 286 Å². The smallest absolute Gasteiger partial charge is 0.222 e. The Morgan fingerprint density at radius 2 is 0.648 bits per heavy atom. The molecule has 3 saturated heterocycles. The van der Waals surface area contributed by atoms with Gasteiger partial charge in [0.1, 0.15) is 36.6 Å². The summed E-state index contributed by atoms with van der Waals surface area (Å²) in [6, 6.07) is 0. The Bertz CT molecular complexity index is 1720. The average Bonchev–Trinajstić information content (AvgIpc) is 3.62. The van der Waals surface area contributed by atoms with Crippen LogP contribution in [0.3, 0.4) is 0 Å². The Morgan fingerprint density at radius 1 is 0.386 bits per heavy atom. The second kappa shape index (κ2) is 47.0. The second-order valence-corrected chi connectivity index (χ2v) is 22.1. The Morgan fingerprint density at radius 3 is 0.898 bits per heavy atom. The number of hydrogen-bond acceptors (Lipinski definition) is 25. The van der Waals surface area contributed by atoms with Gasteiger partial charge in [0, 0.05) is 117 Å². The molecule has 0 saturated carbocycles. The number of aliphatic hydroxyl groups is 9. The van der Waals surface area contributed by atoms with Gasteiger partial charge in [0.2, 0.25) is 35.4 Å². The quantitative estimate of drug-likeness (QED) is 0.0255. The Labute approximate surface area is 515 Å². The summed E-state index contributed by atoms with van der Waals surface area (Å²) in [5, 5.41) is 108. The van der Waals surface area contributed by atoms with Crippen LogP contribution in [0, 0.1) is 0 Å². The van der Waals surface area contributed by atoms with E-state index in [1.165, 1.54) is 0 Å². The average molecular weight is 1270 g/mol. The molecular weight excluding hydrogens is 1170 g/mol. The van der Waals surface area contributed by atoms with E-state index in [0.29, 0.717) is 104 Å². The fourth-order valence-electron chi connectivity index (χ4n) is 9.44. The highest BCUT2D eigenvalue weighted by atomic mass is 16.7. The van der Waals surface area contributed by atoms with Gasteiger partial charge in [-0.3, -0.25) is 28.8 Å². The highest BCUT2D eigenvalue weighted by molar-refractivity contribution is 5.78. The second-order valence-electron chi connectivity index (χ2n) is 22.1. The summed E-state index contributed by atoms with van der Waals surface area (Å²) in [6.45, 7) is 4.11. The van der Waals surface area contributed by atoms with Crippen LogP contribution in [0.15, 0.2) is 0 Å². The molecule has 88 heavy (non-hydrogen) atoms. The first-order valence-electron chi connectivity index (χ1n) is 31.2. The monoisotopic (exact) mass is 1270 g/mol. The SMILES string of the molecule is CCNC(COCCC(=O)NCCCNC(=O)CCCCO[C@H]1C[C@@H](O)[C@@H](O)[C@@H](CO)O1)(COCCC(=O)NCCCNC(=O)CCCCO[C@H]1C[C@@H](O)[C@@H](O)[C@@H](CO)O1)COCCC(=O)NCCCNC(=O)CCCCO[C@H]1C[C@@H](O)[C@@H](O)[C@@H](CO)O1. The minimum Gasteiger partial charge on any atom is -0.394 e. The summed E-state index contributed by atoms with van der Waals surface area (Å²) in [7, 11) is 0. The van der Waals surface area contributed by atoms with Gasteiger partial charge >= 0.3 is 0 Å². The van der Waals surface area contributed by atoms with Gasteiger partial charge in [0.05, 0.1) is 83.3 Å². The number of hydrogen-bond donors (Lipinski definition) is 16. The van der Waals surface area contributed by atoms with Crippen molar-refractivity contribution in [1.82, 2.24) is 37.2 Å². The van der Waals surface area contributed by atoms with Crippen LogP contribution >= 0.6 is 0 Å². The highest BCUT2D eigenvalue weighted by Crippen LogP contribution is 2.24. The van der Waals surface area contributed by atoms with Crippen molar-refractivity contribution in [2.75, 3.05) is 125 Å². The van der Waals surface area contributed by atoms with Crippen LogP contribution in [0.25, 0.3) is 0 Å². The fraction of sp³-hybridized carbons (Fsp3) is 0.895. The van der Waals surface area contributed by atoms with Gasteiger partial charge < -0.3 is 126 Å². The molecule has 0 radical (unpaired) electrons. The van der Waals surface area contributed by atoms with E-state index in [2.05, 4.69) is 37.2 Å². The lowest BCUT2D eigenvalue weighted by Crippen LogP contribution is -2.56. The number of carbonyl (C=O) groups is 6. The van der Waals surface area contributed by atoms with E-state index in [-0.39, 0.29) is 153 Å². The number of likely N-dealkylation sites (N-methyl/N-ethyl adjacent to an activating group) is 1. The molecule has 0 spiro atoms. The summed E-state index contributed by atoms with van der Waals surface area (Å²) in [5.41, 5.74) is -0.939. The predicted molar refractivity (Wildman–Crippen MR) is 311 cm³/mol. The molecule has 3 fully saturated rings. The first kappa shape index (κ1) is 78.3. The first-order valence-corrected chi connectivity index (χ1v) is 31.2. The van der Waals surface area contributed by atoms with Crippen molar-refractivity contribution in [1.29, 1.82) is 0 Å². The van der Waals surface area contributed by atoms with E-state index in [1.54, 1.807) is 0 Å². The third-order valence-electron chi connectivity index (χ3n) is 14.6. The summed E-state index contributed by atoms with van der Waals surface area (Å²) >= 11 is 0. The van der Waals surface area contributed by atoms with E-state index in [1.807, 2.05) is 6.92 Å². The Balaban J connectivity index is 1.32. The maximum atomic E-state index is 12.7. The van der Waals surface area contributed by atoms with Crippen LogP contribution < -0.4 is 37.2 Å². The molecule has 16 N–H and O–H groups in total. The Kier molecular flexibility index (Phi) is 41.8. The third-order valence-corrected chi connectivity index (χ3v) is 14.6. The van der Waals surface area contributed by atoms with E-state index >= 15 is 0 Å². The van der Waals surface area contributed by atoms with E-state index in [4.69, 9.17) is 42.6 Å². The lowest BCUT2D eigenvalue weighted by Gasteiger charge is -2.36. The zero-order valence-electron chi connectivity index (χ0n) is 51.2. The van der Waals surface area contributed by atoms with E-state index < -0.39 is 99.2 Å². The summed E-state index contributed by atoms with van der Waals surface area (Å²) in [5.74, 6) is -1.24. The number of unbranched alkanes of at least 4 members (excludes halogenated alkanes) is 3. The molecule has 0 bridgehead atoms. The maximum absolute atomic E-state index is 12.7. The molecule has 0 aromatic heterocycles. The molecule has 512 valence electrons. The number of ether oxygens (including phenoxy) is 9. The summed E-state index contributed by atoms with van der Waals surface area (Å²) in [6.07, 6.45) is -6.00. The van der Waals surface area contributed by atoms with Gasteiger partial charge in [0.15, 0.2) is 18.9 Å². The van der Waals surface area contributed by atoms with Crippen LogP contribution in [0.2, 0.25) is 0 Å².